The van der Waals surface area contributed by atoms with E-state index in [1.807, 2.05) is 18.2 Å². The second-order valence-corrected chi connectivity index (χ2v) is 5.04. The van der Waals surface area contributed by atoms with Crippen LogP contribution in [0.3, 0.4) is 0 Å². The summed E-state index contributed by atoms with van der Waals surface area (Å²) in [6.07, 6.45) is 2.56. The van der Waals surface area contributed by atoms with Crippen molar-refractivity contribution in [2.45, 2.75) is 12.8 Å². The van der Waals surface area contributed by atoms with Crippen LogP contribution < -0.4 is 10.6 Å². The highest BCUT2D eigenvalue weighted by atomic mass is 35.5. The van der Waals surface area contributed by atoms with Gasteiger partial charge >= 0.3 is 0 Å². The van der Waals surface area contributed by atoms with Crippen molar-refractivity contribution in [2.24, 2.45) is 5.92 Å². The lowest BCUT2D eigenvalue weighted by molar-refractivity contribution is 0.393. The summed E-state index contributed by atoms with van der Waals surface area (Å²) in [6, 6.07) is 5.66. The summed E-state index contributed by atoms with van der Waals surface area (Å²) in [5.41, 5.74) is 1.04. The molecule has 2 rings (SSSR count). The molecule has 4 heteroatoms. The van der Waals surface area contributed by atoms with Gasteiger partial charge in [-0.15, -0.1) is 0 Å². The van der Waals surface area contributed by atoms with Crippen LogP contribution in [-0.2, 0) is 0 Å². The Bertz CT molecular complexity index is 349. The van der Waals surface area contributed by atoms with Gasteiger partial charge in [0.15, 0.2) is 0 Å². The van der Waals surface area contributed by atoms with Crippen molar-refractivity contribution in [1.29, 1.82) is 0 Å². The molecule has 0 bridgehead atoms. The van der Waals surface area contributed by atoms with Crippen LogP contribution >= 0.6 is 23.2 Å². The first-order chi connectivity index (χ1) is 7.75. The summed E-state index contributed by atoms with van der Waals surface area (Å²) in [5.74, 6) is 0.711. The van der Waals surface area contributed by atoms with Gasteiger partial charge in [0, 0.05) is 12.2 Å². The van der Waals surface area contributed by atoms with Crippen molar-refractivity contribution in [3.8, 4) is 0 Å². The summed E-state index contributed by atoms with van der Waals surface area (Å²) in [7, 11) is 0. The Balaban J connectivity index is 1.86. The Kier molecular flexibility index (Phi) is 4.33. The second kappa shape index (κ2) is 5.76. The number of hydrogen-bond acceptors (Lipinski definition) is 2. The van der Waals surface area contributed by atoms with E-state index in [4.69, 9.17) is 23.2 Å². The summed E-state index contributed by atoms with van der Waals surface area (Å²) in [5, 5.41) is 8.01. The van der Waals surface area contributed by atoms with Gasteiger partial charge in [-0.2, -0.15) is 0 Å². The van der Waals surface area contributed by atoms with E-state index in [0.29, 0.717) is 16.0 Å². The number of hydrogen-bond donors (Lipinski definition) is 2. The Morgan fingerprint density at radius 3 is 2.88 bits per heavy atom. The lowest BCUT2D eigenvalue weighted by atomic mass is 10.00. The molecule has 1 unspecified atom stereocenters. The van der Waals surface area contributed by atoms with E-state index < -0.39 is 0 Å². The molecule has 1 fully saturated rings. The molecule has 0 saturated carbocycles. The quantitative estimate of drug-likeness (QED) is 0.869. The molecule has 1 aliphatic heterocycles. The van der Waals surface area contributed by atoms with E-state index in [-0.39, 0.29) is 0 Å². The summed E-state index contributed by atoms with van der Waals surface area (Å²) >= 11 is 11.8. The first-order valence-electron chi connectivity index (χ1n) is 5.65. The molecule has 0 spiro atoms. The van der Waals surface area contributed by atoms with Crippen LogP contribution in [0.4, 0.5) is 5.69 Å². The first kappa shape index (κ1) is 12.0. The van der Waals surface area contributed by atoms with Crippen molar-refractivity contribution in [3.05, 3.63) is 28.2 Å². The van der Waals surface area contributed by atoms with Crippen molar-refractivity contribution in [3.63, 3.8) is 0 Å². The second-order valence-electron chi connectivity index (χ2n) is 4.22. The van der Waals surface area contributed by atoms with Crippen molar-refractivity contribution in [2.75, 3.05) is 25.0 Å². The van der Waals surface area contributed by atoms with E-state index in [9.17, 15) is 0 Å². The predicted molar refractivity (Wildman–Crippen MR) is 70.5 cm³/mol. The maximum Gasteiger partial charge on any atom is 0.0612 e. The monoisotopic (exact) mass is 258 g/mol. The zero-order valence-corrected chi connectivity index (χ0v) is 10.6. The molecule has 0 radical (unpaired) electrons. The molecule has 0 aliphatic carbocycles. The summed E-state index contributed by atoms with van der Waals surface area (Å²) in [6.45, 7) is 3.25. The Hall–Kier alpha value is -0.440. The minimum absolute atomic E-state index is 0.603. The SMILES string of the molecule is Clc1ccc(NCC2CCCNC2)cc1Cl. The fraction of sp³-hybridized carbons (Fsp3) is 0.500. The Morgan fingerprint density at radius 1 is 1.31 bits per heavy atom. The minimum Gasteiger partial charge on any atom is -0.385 e. The molecule has 1 aromatic carbocycles. The van der Waals surface area contributed by atoms with Crippen LogP contribution in [0, 0.1) is 5.92 Å². The number of halogens is 2. The van der Waals surface area contributed by atoms with Crippen LogP contribution in [0.5, 0.6) is 0 Å². The van der Waals surface area contributed by atoms with Gasteiger partial charge in [0.25, 0.3) is 0 Å². The molecule has 1 saturated heterocycles. The molecule has 1 aromatic rings. The highest BCUT2D eigenvalue weighted by Crippen LogP contribution is 2.25. The molecular formula is C12H16Cl2N2. The lowest BCUT2D eigenvalue weighted by Crippen LogP contribution is -2.33. The molecular weight excluding hydrogens is 243 g/mol. The van der Waals surface area contributed by atoms with Crippen molar-refractivity contribution < 1.29 is 0 Å². The van der Waals surface area contributed by atoms with E-state index in [0.717, 1.165) is 25.3 Å². The van der Waals surface area contributed by atoms with E-state index in [1.54, 1.807) is 0 Å². The standard InChI is InChI=1S/C12H16Cl2N2/c13-11-4-3-10(6-12(11)14)16-8-9-2-1-5-15-7-9/h3-4,6,9,15-16H,1-2,5,7-8H2. The van der Waals surface area contributed by atoms with Gasteiger partial charge in [-0.3, -0.25) is 0 Å². The van der Waals surface area contributed by atoms with Gasteiger partial charge in [0.1, 0.15) is 0 Å². The predicted octanol–water partition coefficient (Wildman–Crippen LogP) is 3.40. The van der Waals surface area contributed by atoms with Gasteiger partial charge in [0.2, 0.25) is 0 Å². The Morgan fingerprint density at radius 2 is 2.19 bits per heavy atom. The number of piperidine rings is 1. The van der Waals surface area contributed by atoms with Crippen LogP contribution in [0.25, 0.3) is 0 Å². The highest BCUT2D eigenvalue weighted by molar-refractivity contribution is 6.42. The summed E-state index contributed by atoms with van der Waals surface area (Å²) in [4.78, 5) is 0. The lowest BCUT2D eigenvalue weighted by Gasteiger charge is -2.23. The zero-order chi connectivity index (χ0) is 11.4. The first-order valence-corrected chi connectivity index (χ1v) is 6.41. The van der Waals surface area contributed by atoms with Gasteiger partial charge in [-0.1, -0.05) is 23.2 Å². The molecule has 0 amide bonds. The minimum atomic E-state index is 0.603. The third kappa shape index (κ3) is 3.27. The van der Waals surface area contributed by atoms with Crippen LogP contribution in [0.2, 0.25) is 10.0 Å². The van der Waals surface area contributed by atoms with Crippen LogP contribution in [-0.4, -0.2) is 19.6 Å². The average molecular weight is 259 g/mol. The molecule has 1 heterocycles. The zero-order valence-electron chi connectivity index (χ0n) is 9.10. The Labute approximate surface area is 106 Å². The third-order valence-corrected chi connectivity index (χ3v) is 3.65. The van der Waals surface area contributed by atoms with Gasteiger partial charge < -0.3 is 10.6 Å². The largest absolute Gasteiger partial charge is 0.385 e. The van der Waals surface area contributed by atoms with Crippen LogP contribution in [0.15, 0.2) is 18.2 Å². The maximum atomic E-state index is 5.95. The van der Waals surface area contributed by atoms with E-state index in [2.05, 4.69) is 10.6 Å². The molecule has 16 heavy (non-hydrogen) atoms. The fourth-order valence-electron chi connectivity index (χ4n) is 1.97. The molecule has 1 aliphatic rings. The van der Waals surface area contributed by atoms with Gasteiger partial charge in [-0.05, 0) is 50.0 Å². The van der Waals surface area contributed by atoms with Crippen LogP contribution in [0.1, 0.15) is 12.8 Å². The van der Waals surface area contributed by atoms with Gasteiger partial charge in [0.05, 0.1) is 10.0 Å². The number of nitrogens with one attached hydrogen (secondary N) is 2. The molecule has 1 atom stereocenters. The number of rotatable bonds is 3. The molecule has 2 N–H and O–H groups in total. The highest BCUT2D eigenvalue weighted by Gasteiger charge is 2.12. The summed E-state index contributed by atoms with van der Waals surface area (Å²) < 4.78 is 0. The smallest absolute Gasteiger partial charge is 0.0612 e. The topological polar surface area (TPSA) is 24.1 Å². The fourth-order valence-corrected chi connectivity index (χ4v) is 2.26. The van der Waals surface area contributed by atoms with E-state index in [1.165, 1.54) is 12.8 Å². The number of benzene rings is 1. The number of anilines is 1. The third-order valence-electron chi connectivity index (χ3n) is 2.91. The van der Waals surface area contributed by atoms with E-state index >= 15 is 0 Å². The average Bonchev–Trinajstić information content (AvgIpc) is 2.32. The molecule has 0 aromatic heterocycles. The van der Waals surface area contributed by atoms with Gasteiger partial charge in [-0.25, -0.2) is 0 Å². The molecule has 2 nitrogen and oxygen atoms in total. The maximum absolute atomic E-state index is 5.95. The normalized spacial score (nSPS) is 20.8. The van der Waals surface area contributed by atoms with Crippen molar-refractivity contribution >= 4 is 28.9 Å². The molecule has 88 valence electrons. The van der Waals surface area contributed by atoms with Crippen molar-refractivity contribution in [1.82, 2.24) is 5.32 Å².